The maximum absolute atomic E-state index is 11.5. The number of esters is 1. The zero-order valence-corrected chi connectivity index (χ0v) is 10.1. The van der Waals surface area contributed by atoms with Crippen LogP contribution in [0.15, 0.2) is 11.8 Å². The molecule has 0 aromatic carbocycles. The number of hydrogen-bond donors (Lipinski definition) is 0. The van der Waals surface area contributed by atoms with Crippen LogP contribution < -0.4 is 0 Å². The van der Waals surface area contributed by atoms with E-state index in [1.807, 2.05) is 26.8 Å². The summed E-state index contributed by atoms with van der Waals surface area (Å²) in [5.74, 6) is -0.0746. The highest BCUT2D eigenvalue weighted by Crippen LogP contribution is 2.59. The third-order valence-corrected chi connectivity index (χ3v) is 3.11. The van der Waals surface area contributed by atoms with Crippen LogP contribution in [0.2, 0.25) is 0 Å². The minimum atomic E-state index is -0.222. The lowest BCUT2D eigenvalue weighted by Crippen LogP contribution is -2.07. The van der Waals surface area contributed by atoms with Crippen molar-refractivity contribution in [2.24, 2.45) is 17.3 Å². The molecule has 0 heterocycles. The van der Waals surface area contributed by atoms with E-state index in [4.69, 9.17) is 14.7 Å². The summed E-state index contributed by atoms with van der Waals surface area (Å²) in [5.41, 5.74) is -0.147. The van der Waals surface area contributed by atoms with Gasteiger partial charge in [0.05, 0.1) is 19.6 Å². The molecule has 0 bridgehead atoms. The minimum absolute atomic E-state index is 0.0288. The Morgan fingerprint density at radius 3 is 2.62 bits per heavy atom. The number of hydrogen-bond acceptors (Lipinski definition) is 4. The Hall–Kier alpha value is -1.50. The molecular formula is C12H17NO3. The van der Waals surface area contributed by atoms with Crippen molar-refractivity contribution < 1.29 is 14.3 Å². The van der Waals surface area contributed by atoms with Gasteiger partial charge in [-0.05, 0) is 18.4 Å². The van der Waals surface area contributed by atoms with Gasteiger partial charge in [-0.15, -0.1) is 0 Å². The van der Waals surface area contributed by atoms with Gasteiger partial charge < -0.3 is 9.47 Å². The highest BCUT2D eigenvalue weighted by Gasteiger charge is 2.61. The molecule has 1 saturated carbocycles. The molecule has 4 heteroatoms. The van der Waals surface area contributed by atoms with E-state index in [9.17, 15) is 4.79 Å². The van der Waals surface area contributed by atoms with Crippen LogP contribution >= 0.6 is 0 Å². The first-order valence-corrected chi connectivity index (χ1v) is 5.31. The molecule has 88 valence electrons. The second kappa shape index (κ2) is 4.56. The van der Waals surface area contributed by atoms with Gasteiger partial charge in [-0.3, -0.25) is 4.79 Å². The van der Waals surface area contributed by atoms with Crippen molar-refractivity contribution >= 4 is 5.97 Å². The highest BCUT2D eigenvalue weighted by atomic mass is 16.5. The second-order valence-electron chi connectivity index (χ2n) is 4.42. The minimum Gasteiger partial charge on any atom is -0.484 e. The first-order chi connectivity index (χ1) is 7.48. The fourth-order valence-corrected chi connectivity index (χ4v) is 2.00. The lowest BCUT2D eigenvalue weighted by Gasteiger charge is -2.00. The van der Waals surface area contributed by atoms with Gasteiger partial charge in [0.15, 0.2) is 5.76 Å². The van der Waals surface area contributed by atoms with Gasteiger partial charge in [0.2, 0.25) is 0 Å². The largest absolute Gasteiger partial charge is 0.484 e. The van der Waals surface area contributed by atoms with E-state index in [0.717, 1.165) is 0 Å². The van der Waals surface area contributed by atoms with Gasteiger partial charge in [-0.2, -0.15) is 5.26 Å². The molecule has 0 saturated heterocycles. The Morgan fingerprint density at radius 1 is 1.56 bits per heavy atom. The van der Waals surface area contributed by atoms with E-state index < -0.39 is 0 Å². The molecule has 16 heavy (non-hydrogen) atoms. The summed E-state index contributed by atoms with van der Waals surface area (Å²) >= 11 is 0. The molecule has 0 radical (unpaired) electrons. The van der Waals surface area contributed by atoms with Crippen LogP contribution in [0.1, 0.15) is 20.8 Å². The van der Waals surface area contributed by atoms with E-state index in [1.165, 1.54) is 7.11 Å². The van der Waals surface area contributed by atoms with Gasteiger partial charge in [-0.1, -0.05) is 13.8 Å². The number of ether oxygens (including phenoxy) is 2. The number of allylic oxidation sites excluding steroid dienone is 2. The van der Waals surface area contributed by atoms with Crippen molar-refractivity contribution in [1.82, 2.24) is 0 Å². The van der Waals surface area contributed by atoms with Crippen molar-refractivity contribution in [1.29, 1.82) is 5.26 Å². The Balaban J connectivity index is 2.77. The standard InChI is InChI=1S/C12H17NO3/c1-5-16-8(7-13)6-9-10(11(14)15-4)12(9,2)3/h6,9-10H,5H2,1-4H3/b8-6+/t9-,10+/m1/s1. The Morgan fingerprint density at radius 2 is 2.19 bits per heavy atom. The highest BCUT2D eigenvalue weighted by molar-refractivity contribution is 5.78. The Labute approximate surface area is 95.8 Å². The molecule has 1 aliphatic rings. The van der Waals surface area contributed by atoms with Crippen LogP contribution in [0.4, 0.5) is 0 Å². The van der Waals surface area contributed by atoms with Crippen LogP contribution in [0.3, 0.4) is 0 Å². The van der Waals surface area contributed by atoms with Crippen molar-refractivity contribution in [2.75, 3.05) is 13.7 Å². The van der Waals surface area contributed by atoms with E-state index in [1.54, 1.807) is 6.08 Å². The maximum Gasteiger partial charge on any atom is 0.309 e. The molecule has 0 aliphatic heterocycles. The molecule has 0 amide bonds. The molecule has 1 aliphatic carbocycles. The van der Waals surface area contributed by atoms with E-state index in [2.05, 4.69) is 0 Å². The van der Waals surface area contributed by atoms with Crippen molar-refractivity contribution in [3.05, 3.63) is 11.8 Å². The number of carbonyl (C=O) groups excluding carboxylic acids is 1. The predicted molar refractivity (Wildman–Crippen MR) is 58.1 cm³/mol. The van der Waals surface area contributed by atoms with E-state index in [0.29, 0.717) is 6.61 Å². The quantitative estimate of drug-likeness (QED) is 0.415. The molecule has 0 spiro atoms. The smallest absolute Gasteiger partial charge is 0.309 e. The normalized spacial score (nSPS) is 26.8. The van der Waals surface area contributed by atoms with Crippen molar-refractivity contribution in [3.8, 4) is 6.07 Å². The summed E-state index contributed by atoms with van der Waals surface area (Å²) in [6, 6.07) is 1.98. The molecule has 0 N–H and O–H groups in total. The zero-order valence-electron chi connectivity index (χ0n) is 10.1. The summed E-state index contributed by atoms with van der Waals surface area (Å²) in [6.45, 7) is 6.24. The Kier molecular flexibility index (Phi) is 3.58. The summed E-state index contributed by atoms with van der Waals surface area (Å²) in [7, 11) is 1.38. The summed E-state index contributed by atoms with van der Waals surface area (Å²) in [5, 5.41) is 8.83. The topological polar surface area (TPSA) is 59.3 Å². The lowest BCUT2D eigenvalue weighted by atomic mass is 10.1. The summed E-state index contributed by atoms with van der Waals surface area (Å²) in [4.78, 5) is 11.5. The summed E-state index contributed by atoms with van der Waals surface area (Å²) in [6.07, 6.45) is 1.73. The lowest BCUT2D eigenvalue weighted by molar-refractivity contribution is -0.143. The molecule has 0 aromatic heterocycles. The number of carbonyl (C=O) groups is 1. The molecule has 1 fully saturated rings. The van der Waals surface area contributed by atoms with Crippen LogP contribution in [-0.2, 0) is 14.3 Å². The first-order valence-electron chi connectivity index (χ1n) is 5.31. The van der Waals surface area contributed by atoms with Crippen LogP contribution in [0, 0.1) is 28.6 Å². The van der Waals surface area contributed by atoms with Crippen LogP contribution in [-0.4, -0.2) is 19.7 Å². The molecule has 0 unspecified atom stereocenters. The fraction of sp³-hybridized carbons (Fsp3) is 0.667. The summed E-state index contributed by atoms with van der Waals surface area (Å²) < 4.78 is 9.87. The maximum atomic E-state index is 11.5. The Bertz CT molecular complexity index is 352. The number of methoxy groups -OCH3 is 1. The number of rotatable bonds is 4. The number of nitrogens with zero attached hydrogens (tertiary/aromatic N) is 1. The monoisotopic (exact) mass is 223 g/mol. The van der Waals surface area contributed by atoms with Gasteiger partial charge in [-0.25, -0.2) is 0 Å². The van der Waals surface area contributed by atoms with Crippen LogP contribution in [0.25, 0.3) is 0 Å². The first kappa shape index (κ1) is 12.6. The average molecular weight is 223 g/mol. The van der Waals surface area contributed by atoms with Crippen molar-refractivity contribution in [2.45, 2.75) is 20.8 Å². The van der Waals surface area contributed by atoms with E-state index >= 15 is 0 Å². The molecular weight excluding hydrogens is 206 g/mol. The molecule has 2 atom stereocenters. The molecule has 1 rings (SSSR count). The third-order valence-electron chi connectivity index (χ3n) is 3.11. The number of nitriles is 1. The van der Waals surface area contributed by atoms with Gasteiger partial charge in [0.25, 0.3) is 0 Å². The second-order valence-corrected chi connectivity index (χ2v) is 4.42. The van der Waals surface area contributed by atoms with Gasteiger partial charge >= 0.3 is 5.97 Å². The molecule has 4 nitrogen and oxygen atoms in total. The zero-order chi connectivity index (χ0) is 12.3. The van der Waals surface area contributed by atoms with Gasteiger partial charge in [0, 0.05) is 5.92 Å². The van der Waals surface area contributed by atoms with Gasteiger partial charge in [0.1, 0.15) is 6.07 Å². The van der Waals surface area contributed by atoms with E-state index in [-0.39, 0.29) is 29.0 Å². The SMILES string of the molecule is CCO/C(C#N)=C/[C@@H]1[C@@H](C(=O)OC)C1(C)C. The van der Waals surface area contributed by atoms with Crippen molar-refractivity contribution in [3.63, 3.8) is 0 Å². The predicted octanol–water partition coefficient (Wildman–Crippen LogP) is 1.88. The molecule has 0 aromatic rings. The fourth-order valence-electron chi connectivity index (χ4n) is 2.00. The van der Waals surface area contributed by atoms with Crippen LogP contribution in [0.5, 0.6) is 0 Å². The average Bonchev–Trinajstić information content (AvgIpc) is 2.78. The third kappa shape index (κ3) is 2.19.